The second-order valence-corrected chi connectivity index (χ2v) is 8.99. The Bertz CT molecular complexity index is 1630. The van der Waals surface area contributed by atoms with Gasteiger partial charge in [-0.2, -0.15) is 0 Å². The number of hydrogen-bond acceptors (Lipinski definition) is 4. The summed E-state index contributed by atoms with van der Waals surface area (Å²) in [4.78, 5) is 14.4. The van der Waals surface area contributed by atoms with Crippen molar-refractivity contribution in [3.63, 3.8) is 0 Å². The number of nitrogens with zero attached hydrogens (tertiary/aromatic N) is 3. The number of rotatable bonds is 3. The average Bonchev–Trinajstić information content (AvgIpc) is 3.22. The molecule has 4 aromatic carbocycles. The summed E-state index contributed by atoms with van der Waals surface area (Å²) in [5, 5.41) is 2.69. The van der Waals surface area contributed by atoms with Gasteiger partial charge in [0, 0.05) is 37.0 Å². The highest BCUT2D eigenvalue weighted by atomic mass is 79.9. The second kappa shape index (κ2) is 8.10. The van der Waals surface area contributed by atoms with Crippen molar-refractivity contribution in [3.05, 3.63) is 100 Å². The Balaban J connectivity index is 1.58. The molecule has 0 N–H and O–H groups in total. The fraction of sp³-hybridized carbons (Fsp3) is 0. The molecule has 0 saturated carbocycles. The Morgan fingerprint density at radius 1 is 0.576 bits per heavy atom. The topological polar surface area (TPSA) is 51.8 Å². The van der Waals surface area contributed by atoms with E-state index in [0.29, 0.717) is 22.5 Å². The van der Waals surface area contributed by atoms with Crippen LogP contribution in [0.5, 0.6) is 0 Å². The monoisotopic (exact) mass is 511 g/mol. The predicted molar refractivity (Wildman–Crippen MR) is 136 cm³/mol. The van der Waals surface area contributed by atoms with Crippen molar-refractivity contribution in [1.82, 2.24) is 15.0 Å². The molecule has 158 valence electrons. The summed E-state index contributed by atoms with van der Waals surface area (Å²) in [6.45, 7) is 0. The van der Waals surface area contributed by atoms with Gasteiger partial charge in [0.25, 0.3) is 0 Å². The smallest absolute Gasteiger partial charge is 0.164 e. The minimum atomic E-state index is 0.555. The minimum Gasteiger partial charge on any atom is -0.456 e. The quantitative estimate of drug-likeness (QED) is 0.240. The van der Waals surface area contributed by atoms with Gasteiger partial charge in [-0.3, -0.25) is 0 Å². The maximum atomic E-state index is 6.31. The zero-order valence-electron chi connectivity index (χ0n) is 17.2. The summed E-state index contributed by atoms with van der Waals surface area (Å²) < 4.78 is 6.84. The van der Waals surface area contributed by atoms with Gasteiger partial charge in [-0.1, -0.05) is 76.1 Å². The number of fused-ring (bicyclic) bond motifs is 3. The number of para-hydroxylation sites is 1. The van der Waals surface area contributed by atoms with Crippen molar-refractivity contribution < 1.29 is 4.42 Å². The lowest BCUT2D eigenvalue weighted by Crippen LogP contribution is -2.00. The fourth-order valence-corrected chi connectivity index (χ4v) is 4.76. The Morgan fingerprint density at radius 3 is 2.03 bits per heavy atom. The van der Waals surface area contributed by atoms with Gasteiger partial charge in [-0.15, -0.1) is 0 Å². The molecule has 33 heavy (non-hydrogen) atoms. The van der Waals surface area contributed by atoms with E-state index in [9.17, 15) is 0 Å². The number of hydrogen-bond donors (Lipinski definition) is 0. The van der Waals surface area contributed by atoms with Gasteiger partial charge in [0.2, 0.25) is 0 Å². The van der Waals surface area contributed by atoms with E-state index in [0.717, 1.165) is 43.1 Å². The van der Waals surface area contributed by atoms with Gasteiger partial charge < -0.3 is 4.42 Å². The average molecular weight is 513 g/mol. The largest absolute Gasteiger partial charge is 0.456 e. The van der Waals surface area contributed by atoms with Crippen LogP contribution < -0.4 is 0 Å². The molecule has 0 atom stereocenters. The van der Waals surface area contributed by atoms with Crippen molar-refractivity contribution in [2.45, 2.75) is 0 Å². The maximum absolute atomic E-state index is 6.31. The molecule has 0 unspecified atom stereocenters. The zero-order valence-corrected chi connectivity index (χ0v) is 19.5. The van der Waals surface area contributed by atoms with E-state index < -0.39 is 0 Å². The van der Waals surface area contributed by atoms with Gasteiger partial charge in [0.1, 0.15) is 11.2 Å². The maximum Gasteiger partial charge on any atom is 0.164 e. The van der Waals surface area contributed by atoms with Crippen LogP contribution in [0.1, 0.15) is 0 Å². The number of benzene rings is 4. The first-order valence-electron chi connectivity index (χ1n) is 10.3. The van der Waals surface area contributed by atoms with E-state index in [-0.39, 0.29) is 0 Å². The molecule has 0 aliphatic rings. The Morgan fingerprint density at radius 2 is 1.24 bits per heavy atom. The van der Waals surface area contributed by atoms with Crippen LogP contribution in [-0.4, -0.2) is 15.0 Å². The zero-order chi connectivity index (χ0) is 22.4. The summed E-state index contributed by atoms with van der Waals surface area (Å²) >= 11 is 9.83. The molecule has 2 heterocycles. The highest BCUT2D eigenvalue weighted by Gasteiger charge is 2.15. The third-order valence-corrected chi connectivity index (χ3v) is 6.10. The summed E-state index contributed by atoms with van der Waals surface area (Å²) in [7, 11) is 0. The summed E-state index contributed by atoms with van der Waals surface area (Å²) in [5.74, 6) is 1.74. The molecular formula is C27H15BrClN3O. The van der Waals surface area contributed by atoms with Gasteiger partial charge in [-0.25, -0.2) is 15.0 Å². The first kappa shape index (κ1) is 20.1. The summed E-state index contributed by atoms with van der Waals surface area (Å²) in [6, 6.07) is 29.6. The Hall–Kier alpha value is -3.54. The highest BCUT2D eigenvalue weighted by Crippen LogP contribution is 2.33. The van der Waals surface area contributed by atoms with Gasteiger partial charge in [0.15, 0.2) is 17.5 Å². The predicted octanol–water partition coefficient (Wildman–Crippen LogP) is 8.19. The molecule has 0 amide bonds. The Kier molecular flexibility index (Phi) is 4.93. The third kappa shape index (κ3) is 3.80. The molecule has 6 heteroatoms. The summed E-state index contributed by atoms with van der Waals surface area (Å²) in [6.07, 6.45) is 0. The van der Waals surface area contributed by atoms with Crippen LogP contribution in [0.4, 0.5) is 0 Å². The summed E-state index contributed by atoms with van der Waals surface area (Å²) in [5.41, 5.74) is 4.30. The molecule has 0 aliphatic heterocycles. The first-order valence-corrected chi connectivity index (χ1v) is 11.5. The normalized spacial score (nSPS) is 11.3. The molecule has 0 radical (unpaired) electrons. The van der Waals surface area contributed by atoms with Gasteiger partial charge in [0.05, 0.1) is 0 Å². The van der Waals surface area contributed by atoms with Crippen LogP contribution in [0.15, 0.2) is 99.9 Å². The van der Waals surface area contributed by atoms with Crippen molar-refractivity contribution in [2.24, 2.45) is 0 Å². The van der Waals surface area contributed by atoms with E-state index >= 15 is 0 Å². The van der Waals surface area contributed by atoms with Crippen molar-refractivity contribution in [2.75, 3.05) is 0 Å². The SMILES string of the molecule is Clc1cc(Br)cc(-c2nc(-c3ccccc3)nc(-c3ccc4oc5ccccc5c4c3)n2)c1. The molecule has 0 aliphatic carbocycles. The standard InChI is InChI=1S/C27H15BrClN3O/c28-19-12-18(13-20(29)15-19)27-31-25(16-6-2-1-3-7-16)30-26(32-27)17-10-11-24-22(14-17)21-8-4-5-9-23(21)33-24/h1-15H. The molecule has 0 saturated heterocycles. The molecule has 0 bridgehead atoms. The first-order chi connectivity index (χ1) is 16.1. The number of halogens is 2. The minimum absolute atomic E-state index is 0.555. The van der Waals surface area contributed by atoms with E-state index in [1.54, 1.807) is 0 Å². The second-order valence-electron chi connectivity index (χ2n) is 7.64. The van der Waals surface area contributed by atoms with Crippen molar-refractivity contribution in [3.8, 4) is 34.2 Å². The Labute approximate surface area is 203 Å². The van der Waals surface area contributed by atoms with Crippen molar-refractivity contribution in [1.29, 1.82) is 0 Å². The van der Waals surface area contributed by atoms with E-state index in [4.69, 9.17) is 31.0 Å². The van der Waals surface area contributed by atoms with Gasteiger partial charge >= 0.3 is 0 Å². The number of aromatic nitrogens is 3. The van der Waals surface area contributed by atoms with Gasteiger partial charge in [-0.05, 0) is 42.5 Å². The number of furan rings is 1. The highest BCUT2D eigenvalue weighted by molar-refractivity contribution is 9.10. The van der Waals surface area contributed by atoms with E-state index in [2.05, 4.69) is 28.1 Å². The van der Waals surface area contributed by atoms with E-state index in [1.807, 2.05) is 78.9 Å². The third-order valence-electron chi connectivity index (χ3n) is 5.42. The molecule has 2 aromatic heterocycles. The molecular weight excluding hydrogens is 498 g/mol. The molecule has 0 fully saturated rings. The molecule has 0 spiro atoms. The van der Waals surface area contributed by atoms with Crippen LogP contribution >= 0.6 is 27.5 Å². The molecule has 4 nitrogen and oxygen atoms in total. The van der Waals surface area contributed by atoms with Crippen LogP contribution in [0.2, 0.25) is 5.02 Å². The lowest BCUT2D eigenvalue weighted by molar-refractivity contribution is 0.669. The fourth-order valence-electron chi connectivity index (χ4n) is 3.90. The van der Waals surface area contributed by atoms with E-state index in [1.165, 1.54) is 0 Å². The lowest BCUT2D eigenvalue weighted by atomic mass is 10.1. The van der Waals surface area contributed by atoms with Crippen LogP contribution in [0, 0.1) is 0 Å². The molecule has 6 aromatic rings. The van der Waals surface area contributed by atoms with Crippen LogP contribution in [0.3, 0.4) is 0 Å². The lowest BCUT2D eigenvalue weighted by Gasteiger charge is -2.09. The molecule has 6 rings (SSSR count). The van der Waals surface area contributed by atoms with Crippen LogP contribution in [-0.2, 0) is 0 Å². The van der Waals surface area contributed by atoms with Crippen LogP contribution in [0.25, 0.3) is 56.1 Å². The van der Waals surface area contributed by atoms with Crippen molar-refractivity contribution >= 4 is 49.5 Å².